The van der Waals surface area contributed by atoms with Crippen LogP contribution < -0.4 is 5.32 Å². The number of nitro benzene ring substituents is 1. The van der Waals surface area contributed by atoms with Crippen LogP contribution in [0.5, 0.6) is 0 Å². The molecular weight excluding hydrogens is 372 g/mol. The first-order valence-corrected chi connectivity index (χ1v) is 8.96. The van der Waals surface area contributed by atoms with Crippen LogP contribution >= 0.6 is 0 Å². The van der Waals surface area contributed by atoms with Crippen molar-refractivity contribution in [1.82, 2.24) is 0 Å². The lowest BCUT2D eigenvalue weighted by molar-refractivity contribution is -0.384. The third kappa shape index (κ3) is 3.84. The zero-order chi connectivity index (χ0) is 20.4. The Morgan fingerprint density at radius 3 is 2.45 bits per heavy atom. The predicted molar refractivity (Wildman–Crippen MR) is 106 cm³/mol. The number of cyclic esters (lactones) is 1. The van der Waals surface area contributed by atoms with Crippen molar-refractivity contribution in [2.75, 3.05) is 5.32 Å². The van der Waals surface area contributed by atoms with E-state index in [1.807, 2.05) is 30.3 Å². The quantitative estimate of drug-likeness (QED) is 0.408. The molecule has 1 atom stereocenters. The number of anilines is 1. The van der Waals surface area contributed by atoms with Crippen molar-refractivity contribution < 1.29 is 19.2 Å². The van der Waals surface area contributed by atoms with Gasteiger partial charge in [0.05, 0.1) is 10.5 Å². The third-order valence-corrected chi connectivity index (χ3v) is 4.75. The number of benzene rings is 3. The number of amides is 1. The molecule has 0 spiro atoms. The first-order chi connectivity index (χ1) is 14.0. The number of fused-ring (bicyclic) bond motifs is 1. The van der Waals surface area contributed by atoms with Gasteiger partial charge >= 0.3 is 5.97 Å². The Bertz CT molecular complexity index is 1090. The van der Waals surface area contributed by atoms with Gasteiger partial charge in [-0.1, -0.05) is 30.3 Å². The lowest BCUT2D eigenvalue weighted by Gasteiger charge is -2.25. The van der Waals surface area contributed by atoms with Crippen molar-refractivity contribution in [2.24, 2.45) is 0 Å². The number of non-ortho nitro benzene ring substituents is 1. The number of ether oxygens (including phenoxy) is 1. The number of hydrogen-bond acceptors (Lipinski definition) is 5. The van der Waals surface area contributed by atoms with Crippen LogP contribution in [0.3, 0.4) is 0 Å². The van der Waals surface area contributed by atoms with Gasteiger partial charge in [-0.2, -0.15) is 0 Å². The van der Waals surface area contributed by atoms with E-state index in [9.17, 15) is 19.7 Å². The van der Waals surface area contributed by atoms with Crippen molar-refractivity contribution in [1.29, 1.82) is 0 Å². The highest BCUT2D eigenvalue weighted by Gasteiger charge is 2.28. The normalized spacial score (nSPS) is 15.2. The van der Waals surface area contributed by atoms with Gasteiger partial charge < -0.3 is 10.1 Å². The number of rotatable bonds is 4. The highest BCUT2D eigenvalue weighted by molar-refractivity contribution is 6.05. The van der Waals surface area contributed by atoms with Crippen molar-refractivity contribution in [2.45, 2.75) is 12.5 Å². The zero-order valence-electron chi connectivity index (χ0n) is 15.2. The van der Waals surface area contributed by atoms with Gasteiger partial charge in [0.15, 0.2) is 0 Å². The monoisotopic (exact) mass is 388 g/mol. The van der Waals surface area contributed by atoms with Gasteiger partial charge in [-0.25, -0.2) is 4.79 Å². The number of nitrogens with one attached hydrogen (secondary N) is 1. The van der Waals surface area contributed by atoms with Gasteiger partial charge in [0.25, 0.3) is 11.6 Å². The summed E-state index contributed by atoms with van der Waals surface area (Å²) in [5.74, 6) is -0.778. The second kappa shape index (κ2) is 7.55. The molecule has 1 heterocycles. The van der Waals surface area contributed by atoms with E-state index in [1.54, 1.807) is 18.2 Å². The number of hydrogen-bond donors (Lipinski definition) is 1. The molecule has 0 aromatic heterocycles. The lowest BCUT2D eigenvalue weighted by Crippen LogP contribution is -2.23. The van der Waals surface area contributed by atoms with Crippen LogP contribution in [0, 0.1) is 10.1 Å². The van der Waals surface area contributed by atoms with Crippen LogP contribution in [0.15, 0.2) is 72.8 Å². The zero-order valence-corrected chi connectivity index (χ0v) is 15.2. The van der Waals surface area contributed by atoms with Crippen molar-refractivity contribution >= 4 is 23.3 Å². The molecule has 1 amide bonds. The number of nitro groups is 1. The number of carbonyl (C=O) groups excluding carboxylic acids is 2. The topological polar surface area (TPSA) is 98.5 Å². The molecule has 0 fully saturated rings. The lowest BCUT2D eigenvalue weighted by atomic mass is 9.93. The van der Waals surface area contributed by atoms with E-state index >= 15 is 0 Å². The van der Waals surface area contributed by atoms with Crippen LogP contribution in [0.2, 0.25) is 0 Å². The molecule has 3 aromatic rings. The molecule has 0 bridgehead atoms. The molecular formula is C22H16N2O5. The Hall–Kier alpha value is -4.00. The minimum absolute atomic E-state index is 0.0535. The van der Waals surface area contributed by atoms with Crippen LogP contribution in [0.25, 0.3) is 0 Å². The minimum Gasteiger partial charge on any atom is -0.454 e. The van der Waals surface area contributed by atoms with E-state index in [0.717, 1.165) is 11.1 Å². The Kier molecular flexibility index (Phi) is 4.78. The summed E-state index contributed by atoms with van der Waals surface area (Å²) in [6, 6.07) is 19.9. The smallest absolute Gasteiger partial charge is 0.339 e. The first kappa shape index (κ1) is 18.4. The second-order valence-corrected chi connectivity index (χ2v) is 6.64. The molecule has 0 saturated heterocycles. The summed E-state index contributed by atoms with van der Waals surface area (Å²) in [4.78, 5) is 35.2. The average molecular weight is 388 g/mol. The Labute approximate surface area is 166 Å². The van der Waals surface area contributed by atoms with Gasteiger partial charge in [0.2, 0.25) is 0 Å². The van der Waals surface area contributed by atoms with Gasteiger partial charge in [-0.05, 0) is 41.5 Å². The molecule has 1 aliphatic heterocycles. The number of esters is 1. The third-order valence-electron chi connectivity index (χ3n) is 4.75. The van der Waals surface area contributed by atoms with Crippen molar-refractivity contribution in [3.63, 3.8) is 0 Å². The predicted octanol–water partition coefficient (Wildman–Crippen LogP) is 4.30. The summed E-state index contributed by atoms with van der Waals surface area (Å²) in [6.45, 7) is 0. The number of carbonyl (C=O) groups is 2. The molecule has 3 aromatic carbocycles. The standard InChI is InChI=1S/C22H16N2O5/c25-21(23-17-7-9-18(10-8-17)24(27)28)15-6-11-19-16(12-15)13-20(29-22(19)26)14-4-2-1-3-5-14/h1-12,20H,13H2,(H,23,25)/t20-/m0/s1. The van der Waals surface area contributed by atoms with Crippen molar-refractivity contribution in [3.8, 4) is 0 Å². The largest absolute Gasteiger partial charge is 0.454 e. The summed E-state index contributed by atoms with van der Waals surface area (Å²) in [5.41, 5.74) is 2.87. The van der Waals surface area contributed by atoms with E-state index in [2.05, 4.69) is 5.32 Å². The average Bonchev–Trinajstić information content (AvgIpc) is 2.74. The molecule has 0 saturated carbocycles. The summed E-state index contributed by atoms with van der Waals surface area (Å²) in [5, 5.41) is 13.4. The molecule has 1 N–H and O–H groups in total. The first-order valence-electron chi connectivity index (χ1n) is 8.96. The molecule has 7 heteroatoms. The highest BCUT2D eigenvalue weighted by atomic mass is 16.6. The molecule has 0 unspecified atom stereocenters. The maximum Gasteiger partial charge on any atom is 0.339 e. The molecule has 29 heavy (non-hydrogen) atoms. The Morgan fingerprint density at radius 1 is 1.03 bits per heavy atom. The van der Waals surface area contributed by atoms with Crippen LogP contribution in [-0.4, -0.2) is 16.8 Å². The summed E-state index contributed by atoms with van der Waals surface area (Å²) in [6.07, 6.45) is 0.0770. The fraction of sp³-hybridized carbons (Fsp3) is 0.0909. The highest BCUT2D eigenvalue weighted by Crippen LogP contribution is 2.31. The SMILES string of the molecule is O=C(Nc1ccc([N+](=O)[O-])cc1)c1ccc2c(c1)C[C@@H](c1ccccc1)OC2=O. The maximum absolute atomic E-state index is 12.6. The van der Waals surface area contributed by atoms with E-state index in [1.165, 1.54) is 24.3 Å². The molecule has 4 rings (SSSR count). The molecule has 7 nitrogen and oxygen atoms in total. The minimum atomic E-state index is -0.503. The summed E-state index contributed by atoms with van der Waals surface area (Å²) < 4.78 is 5.53. The van der Waals surface area contributed by atoms with Crippen LogP contribution in [0.1, 0.15) is 37.9 Å². The number of nitrogens with zero attached hydrogens (tertiary/aromatic N) is 1. The van der Waals surface area contributed by atoms with Crippen LogP contribution in [0.4, 0.5) is 11.4 Å². The Balaban J connectivity index is 1.55. The van der Waals surface area contributed by atoms with Gasteiger partial charge in [0, 0.05) is 29.8 Å². The van der Waals surface area contributed by atoms with Gasteiger partial charge in [0.1, 0.15) is 6.10 Å². The molecule has 1 aliphatic rings. The fourth-order valence-electron chi connectivity index (χ4n) is 3.26. The molecule has 144 valence electrons. The molecule has 0 aliphatic carbocycles. The van der Waals surface area contributed by atoms with E-state index < -0.39 is 17.0 Å². The van der Waals surface area contributed by atoms with Gasteiger partial charge in [-0.3, -0.25) is 14.9 Å². The fourth-order valence-corrected chi connectivity index (χ4v) is 3.26. The van der Waals surface area contributed by atoms with E-state index in [0.29, 0.717) is 23.2 Å². The van der Waals surface area contributed by atoms with E-state index in [-0.39, 0.29) is 11.6 Å². The van der Waals surface area contributed by atoms with Crippen LogP contribution in [-0.2, 0) is 11.2 Å². The van der Waals surface area contributed by atoms with Crippen molar-refractivity contribution in [3.05, 3.63) is 105 Å². The van der Waals surface area contributed by atoms with Gasteiger partial charge in [-0.15, -0.1) is 0 Å². The second-order valence-electron chi connectivity index (χ2n) is 6.64. The van der Waals surface area contributed by atoms with E-state index in [4.69, 9.17) is 4.74 Å². The molecule has 0 radical (unpaired) electrons. The Morgan fingerprint density at radius 2 is 1.76 bits per heavy atom. The maximum atomic E-state index is 12.6. The summed E-state index contributed by atoms with van der Waals surface area (Å²) in [7, 11) is 0. The summed E-state index contributed by atoms with van der Waals surface area (Å²) >= 11 is 0.